The van der Waals surface area contributed by atoms with E-state index in [1.54, 1.807) is 16.2 Å². The van der Waals surface area contributed by atoms with Crippen LogP contribution in [0.4, 0.5) is 0 Å². The normalized spacial score (nSPS) is 23.9. The molecule has 1 saturated carbocycles. The van der Waals surface area contributed by atoms with Crippen molar-refractivity contribution in [3.63, 3.8) is 0 Å². The number of rotatable bonds is 3. The second-order valence-corrected chi connectivity index (χ2v) is 9.41. The summed E-state index contributed by atoms with van der Waals surface area (Å²) >= 11 is 1.80. The zero-order chi connectivity index (χ0) is 18.4. The molecular weight excluding hydrogens is 358 g/mol. The molecule has 27 heavy (non-hydrogen) atoms. The SMILES string of the molecule is O=C1CC2(CCCC2)C(=O)N1CN1CCC(c2nc3ccccc3s2)CC1. The van der Waals surface area contributed by atoms with Crippen molar-refractivity contribution >= 4 is 33.4 Å². The van der Waals surface area contributed by atoms with Gasteiger partial charge in [-0.2, -0.15) is 0 Å². The molecule has 5 nitrogen and oxygen atoms in total. The van der Waals surface area contributed by atoms with Gasteiger partial charge in [0.05, 0.1) is 27.3 Å². The third-order valence-corrected chi connectivity index (χ3v) is 7.84. The van der Waals surface area contributed by atoms with Gasteiger partial charge in [-0.1, -0.05) is 25.0 Å². The van der Waals surface area contributed by atoms with Crippen LogP contribution in [0.15, 0.2) is 24.3 Å². The third-order valence-electron chi connectivity index (χ3n) is 6.64. The zero-order valence-corrected chi connectivity index (χ0v) is 16.3. The first-order valence-corrected chi connectivity index (χ1v) is 10.9. The Morgan fingerprint density at radius 2 is 1.85 bits per heavy atom. The van der Waals surface area contributed by atoms with Crippen LogP contribution in [-0.4, -0.2) is 46.4 Å². The summed E-state index contributed by atoms with van der Waals surface area (Å²) in [4.78, 5) is 34.0. The Labute approximate surface area is 163 Å². The van der Waals surface area contributed by atoms with Gasteiger partial charge in [0, 0.05) is 25.4 Å². The van der Waals surface area contributed by atoms with E-state index in [-0.39, 0.29) is 17.2 Å². The molecule has 1 aromatic carbocycles. The first-order valence-electron chi connectivity index (χ1n) is 10.1. The van der Waals surface area contributed by atoms with Gasteiger partial charge in [0.25, 0.3) is 0 Å². The number of hydrogen-bond acceptors (Lipinski definition) is 5. The summed E-state index contributed by atoms with van der Waals surface area (Å²) in [5.74, 6) is 0.623. The summed E-state index contributed by atoms with van der Waals surface area (Å²) in [6, 6.07) is 8.31. The van der Waals surface area contributed by atoms with Gasteiger partial charge in [0.1, 0.15) is 0 Å². The van der Waals surface area contributed by atoms with Gasteiger partial charge in [-0.15, -0.1) is 11.3 Å². The molecule has 2 saturated heterocycles. The minimum atomic E-state index is -0.351. The number of likely N-dealkylation sites (tertiary alicyclic amines) is 2. The molecule has 2 amide bonds. The topological polar surface area (TPSA) is 53.5 Å². The Morgan fingerprint density at radius 1 is 1.11 bits per heavy atom. The molecular formula is C21H25N3O2S. The molecule has 1 aliphatic carbocycles. The van der Waals surface area contributed by atoms with Gasteiger partial charge in [0.15, 0.2) is 0 Å². The highest BCUT2D eigenvalue weighted by atomic mass is 32.1. The van der Waals surface area contributed by atoms with Crippen LogP contribution in [0.2, 0.25) is 0 Å². The summed E-state index contributed by atoms with van der Waals surface area (Å²) < 4.78 is 1.25. The van der Waals surface area contributed by atoms with E-state index >= 15 is 0 Å². The molecule has 142 valence electrons. The second-order valence-electron chi connectivity index (χ2n) is 8.34. The predicted octanol–water partition coefficient (Wildman–Crippen LogP) is 3.75. The second kappa shape index (κ2) is 6.67. The molecule has 2 aliphatic heterocycles. The lowest BCUT2D eigenvalue weighted by atomic mass is 9.85. The monoisotopic (exact) mass is 383 g/mol. The average Bonchev–Trinajstić information content (AvgIpc) is 3.38. The van der Waals surface area contributed by atoms with Crippen molar-refractivity contribution in [2.24, 2.45) is 5.41 Å². The Kier molecular flexibility index (Phi) is 4.28. The van der Waals surface area contributed by atoms with Gasteiger partial charge in [-0.05, 0) is 37.8 Å². The molecule has 0 radical (unpaired) electrons. The summed E-state index contributed by atoms with van der Waals surface area (Å²) in [6.45, 7) is 2.32. The highest BCUT2D eigenvalue weighted by molar-refractivity contribution is 7.18. The number of thiazole rings is 1. The highest BCUT2D eigenvalue weighted by Crippen LogP contribution is 2.47. The minimum Gasteiger partial charge on any atom is -0.286 e. The van der Waals surface area contributed by atoms with Gasteiger partial charge >= 0.3 is 0 Å². The van der Waals surface area contributed by atoms with Crippen molar-refractivity contribution < 1.29 is 9.59 Å². The molecule has 0 bridgehead atoms. The summed E-state index contributed by atoms with van der Waals surface area (Å²) in [7, 11) is 0. The number of amides is 2. The van der Waals surface area contributed by atoms with Crippen LogP contribution >= 0.6 is 11.3 Å². The maximum atomic E-state index is 12.9. The van der Waals surface area contributed by atoms with Crippen molar-refractivity contribution in [1.82, 2.24) is 14.8 Å². The predicted molar refractivity (Wildman–Crippen MR) is 105 cm³/mol. The average molecular weight is 384 g/mol. The summed E-state index contributed by atoms with van der Waals surface area (Å²) in [6.07, 6.45) is 6.48. The third kappa shape index (κ3) is 2.99. The van der Waals surface area contributed by atoms with E-state index in [1.165, 1.54) is 9.71 Å². The lowest BCUT2D eigenvalue weighted by Crippen LogP contribution is -2.45. The maximum Gasteiger partial charge on any atom is 0.237 e. The number of piperidine rings is 1. The van der Waals surface area contributed by atoms with E-state index < -0.39 is 0 Å². The molecule has 0 N–H and O–H groups in total. The van der Waals surface area contributed by atoms with Crippen LogP contribution in [-0.2, 0) is 9.59 Å². The number of hydrogen-bond donors (Lipinski definition) is 0. The molecule has 5 rings (SSSR count). The number of imide groups is 1. The van der Waals surface area contributed by atoms with Gasteiger partial charge in [-0.3, -0.25) is 19.4 Å². The number of carbonyl (C=O) groups excluding carboxylic acids is 2. The largest absolute Gasteiger partial charge is 0.286 e. The van der Waals surface area contributed by atoms with Crippen LogP contribution in [0, 0.1) is 5.41 Å². The molecule has 1 aromatic heterocycles. The Balaban J connectivity index is 1.22. The molecule has 3 heterocycles. The number of benzene rings is 1. The fourth-order valence-corrected chi connectivity index (χ4v) is 6.17. The van der Waals surface area contributed by atoms with Gasteiger partial charge in [0.2, 0.25) is 11.8 Å². The Morgan fingerprint density at radius 3 is 2.59 bits per heavy atom. The molecule has 3 aliphatic rings. The van der Waals surface area contributed by atoms with Crippen molar-refractivity contribution in [2.75, 3.05) is 19.8 Å². The van der Waals surface area contributed by atoms with Gasteiger partial charge < -0.3 is 0 Å². The van der Waals surface area contributed by atoms with E-state index in [9.17, 15) is 9.59 Å². The van der Waals surface area contributed by atoms with Crippen molar-refractivity contribution in [3.05, 3.63) is 29.3 Å². The highest BCUT2D eigenvalue weighted by Gasteiger charge is 2.52. The standard InChI is InChI=1S/C21H25N3O2S/c25-18-13-21(9-3-4-10-21)20(26)24(18)14-23-11-7-15(8-12-23)19-22-16-5-1-2-6-17(16)27-19/h1-2,5-6,15H,3-4,7-14H2. The first-order chi connectivity index (χ1) is 13.1. The van der Waals surface area contributed by atoms with Crippen molar-refractivity contribution in [2.45, 2.75) is 50.9 Å². The number of nitrogens with zero attached hydrogens (tertiary/aromatic N) is 3. The summed E-state index contributed by atoms with van der Waals surface area (Å²) in [5.41, 5.74) is 0.742. The number of aromatic nitrogens is 1. The number of fused-ring (bicyclic) bond motifs is 1. The fraction of sp³-hybridized carbons (Fsp3) is 0.571. The van der Waals surface area contributed by atoms with E-state index in [1.807, 2.05) is 6.07 Å². The minimum absolute atomic E-state index is 0.0372. The van der Waals surface area contributed by atoms with E-state index in [4.69, 9.17) is 4.98 Å². The van der Waals surface area contributed by atoms with Crippen LogP contribution in [0.3, 0.4) is 0 Å². The molecule has 1 spiro atoms. The van der Waals surface area contributed by atoms with Crippen molar-refractivity contribution in [1.29, 1.82) is 0 Å². The van der Waals surface area contributed by atoms with E-state index in [2.05, 4.69) is 23.1 Å². The lowest BCUT2D eigenvalue weighted by Gasteiger charge is -2.33. The van der Waals surface area contributed by atoms with Crippen LogP contribution < -0.4 is 0 Å². The van der Waals surface area contributed by atoms with Crippen molar-refractivity contribution in [3.8, 4) is 0 Å². The molecule has 0 unspecified atom stereocenters. The van der Waals surface area contributed by atoms with E-state index in [0.717, 1.165) is 57.1 Å². The number of para-hydroxylation sites is 1. The quantitative estimate of drug-likeness (QED) is 0.758. The first kappa shape index (κ1) is 17.3. The summed E-state index contributed by atoms with van der Waals surface area (Å²) in [5, 5.41) is 1.23. The Hall–Kier alpha value is -1.79. The molecule has 2 aromatic rings. The molecule has 3 fully saturated rings. The van der Waals surface area contributed by atoms with Gasteiger partial charge in [-0.25, -0.2) is 4.98 Å². The number of carbonyl (C=O) groups is 2. The smallest absolute Gasteiger partial charge is 0.237 e. The lowest BCUT2D eigenvalue weighted by molar-refractivity contribution is -0.144. The van der Waals surface area contributed by atoms with Crippen LogP contribution in [0.5, 0.6) is 0 Å². The zero-order valence-electron chi connectivity index (χ0n) is 15.5. The molecule has 6 heteroatoms. The Bertz CT molecular complexity index is 845. The van der Waals surface area contributed by atoms with Crippen LogP contribution in [0.1, 0.15) is 55.9 Å². The van der Waals surface area contributed by atoms with Crippen LogP contribution in [0.25, 0.3) is 10.2 Å². The fourth-order valence-electron chi connectivity index (χ4n) is 5.03. The maximum absolute atomic E-state index is 12.9. The van der Waals surface area contributed by atoms with E-state index in [0.29, 0.717) is 19.0 Å². The molecule has 0 atom stereocenters.